The van der Waals surface area contributed by atoms with Gasteiger partial charge in [0.15, 0.2) is 9.84 Å². The first-order valence-electron chi connectivity index (χ1n) is 3.51. The van der Waals surface area contributed by atoms with Crippen molar-refractivity contribution < 1.29 is 13.2 Å². The maximum absolute atomic E-state index is 11.0. The van der Waals surface area contributed by atoms with Crippen molar-refractivity contribution in [3.8, 4) is 0 Å². The molecule has 0 aromatic rings. The van der Waals surface area contributed by atoms with Crippen molar-refractivity contribution in [3.05, 3.63) is 0 Å². The fraction of sp³-hybridized carbons (Fsp3) is 1.00. The van der Waals surface area contributed by atoms with E-state index in [1.54, 1.807) is 0 Å². The number of hydrogen-bond acceptors (Lipinski definition) is 3. The predicted octanol–water partition coefficient (Wildman–Crippen LogP) is 0.583. The molecule has 66 valence electrons. The van der Waals surface area contributed by atoms with Crippen LogP contribution in [0.25, 0.3) is 0 Å². The zero-order valence-electron chi connectivity index (χ0n) is 6.29. The monoisotopic (exact) mass is 242 g/mol. The van der Waals surface area contributed by atoms with Gasteiger partial charge in [-0.1, -0.05) is 15.9 Å². The van der Waals surface area contributed by atoms with E-state index in [0.29, 0.717) is 6.61 Å². The second-order valence-electron chi connectivity index (χ2n) is 2.59. The van der Waals surface area contributed by atoms with Gasteiger partial charge in [0, 0.05) is 6.61 Å². The highest BCUT2D eigenvalue weighted by molar-refractivity contribution is 9.09. The molecule has 1 saturated heterocycles. The van der Waals surface area contributed by atoms with Gasteiger partial charge in [-0.05, 0) is 6.92 Å². The van der Waals surface area contributed by atoms with Crippen LogP contribution in [0.3, 0.4) is 0 Å². The standard InChI is InChI=1S/C6H11BrO3S/c1-2-10-6-4-11(8,9)3-5(6)7/h5-6H,2-4H2,1H3. The molecule has 0 amide bonds. The third-order valence-corrected chi connectivity index (χ3v) is 4.66. The quantitative estimate of drug-likeness (QED) is 0.666. The summed E-state index contributed by atoms with van der Waals surface area (Å²) in [6, 6.07) is 0. The van der Waals surface area contributed by atoms with Crippen molar-refractivity contribution in [2.24, 2.45) is 0 Å². The van der Waals surface area contributed by atoms with Crippen LogP contribution in [0.5, 0.6) is 0 Å². The molecule has 2 unspecified atom stereocenters. The Hall–Kier alpha value is 0.390. The van der Waals surface area contributed by atoms with Gasteiger partial charge in [-0.15, -0.1) is 0 Å². The molecule has 3 nitrogen and oxygen atoms in total. The molecule has 0 N–H and O–H groups in total. The summed E-state index contributed by atoms with van der Waals surface area (Å²) in [6.45, 7) is 2.44. The number of alkyl halides is 1. The normalized spacial score (nSPS) is 35.8. The Balaban J connectivity index is 2.59. The van der Waals surface area contributed by atoms with Gasteiger partial charge in [0.2, 0.25) is 0 Å². The summed E-state index contributed by atoms with van der Waals surface area (Å²) in [5, 5.41) is 0. The molecule has 0 aliphatic carbocycles. The van der Waals surface area contributed by atoms with Crippen molar-refractivity contribution in [1.82, 2.24) is 0 Å². The summed E-state index contributed by atoms with van der Waals surface area (Å²) in [7, 11) is -2.84. The summed E-state index contributed by atoms with van der Waals surface area (Å²) in [5.74, 6) is 0.369. The van der Waals surface area contributed by atoms with E-state index in [4.69, 9.17) is 4.74 Å². The van der Waals surface area contributed by atoms with E-state index in [0.717, 1.165) is 0 Å². The topological polar surface area (TPSA) is 43.4 Å². The minimum Gasteiger partial charge on any atom is -0.376 e. The average molecular weight is 243 g/mol. The molecule has 0 aromatic heterocycles. The van der Waals surface area contributed by atoms with Crippen molar-refractivity contribution in [2.75, 3.05) is 18.1 Å². The zero-order chi connectivity index (χ0) is 8.48. The van der Waals surface area contributed by atoms with Gasteiger partial charge in [-0.25, -0.2) is 8.42 Å². The van der Waals surface area contributed by atoms with E-state index in [1.165, 1.54) is 0 Å². The molecule has 0 aromatic carbocycles. The van der Waals surface area contributed by atoms with Crippen molar-refractivity contribution in [2.45, 2.75) is 17.9 Å². The van der Waals surface area contributed by atoms with Gasteiger partial charge in [0.05, 0.1) is 22.4 Å². The maximum Gasteiger partial charge on any atom is 0.154 e. The number of ether oxygens (including phenoxy) is 1. The molecule has 1 rings (SSSR count). The van der Waals surface area contributed by atoms with E-state index < -0.39 is 9.84 Å². The Morgan fingerprint density at radius 3 is 2.55 bits per heavy atom. The van der Waals surface area contributed by atoms with Crippen molar-refractivity contribution >= 4 is 25.8 Å². The Morgan fingerprint density at radius 1 is 1.55 bits per heavy atom. The van der Waals surface area contributed by atoms with Crippen molar-refractivity contribution in [3.63, 3.8) is 0 Å². The van der Waals surface area contributed by atoms with Gasteiger partial charge in [-0.3, -0.25) is 0 Å². The summed E-state index contributed by atoms with van der Waals surface area (Å²) in [5.41, 5.74) is 0. The highest BCUT2D eigenvalue weighted by atomic mass is 79.9. The second kappa shape index (κ2) is 3.41. The minimum absolute atomic E-state index is 0.0209. The molecular formula is C6H11BrO3S. The Kier molecular flexibility index (Phi) is 2.94. The summed E-state index contributed by atoms with van der Waals surface area (Å²) in [4.78, 5) is -0.0209. The van der Waals surface area contributed by atoms with Crippen LogP contribution >= 0.6 is 15.9 Å². The molecule has 1 aliphatic rings. The van der Waals surface area contributed by atoms with E-state index >= 15 is 0 Å². The van der Waals surface area contributed by atoms with Crippen LogP contribution in [0, 0.1) is 0 Å². The van der Waals surface area contributed by atoms with Gasteiger partial charge < -0.3 is 4.74 Å². The molecule has 1 heterocycles. The molecule has 5 heteroatoms. The lowest BCUT2D eigenvalue weighted by Gasteiger charge is -2.10. The van der Waals surface area contributed by atoms with E-state index in [9.17, 15) is 8.42 Å². The largest absolute Gasteiger partial charge is 0.376 e. The number of sulfone groups is 1. The third kappa shape index (κ3) is 2.42. The fourth-order valence-corrected chi connectivity index (χ4v) is 4.60. The number of halogens is 1. The molecule has 1 fully saturated rings. The molecule has 1 aliphatic heterocycles. The van der Waals surface area contributed by atoms with E-state index in [1.807, 2.05) is 6.92 Å². The van der Waals surface area contributed by atoms with E-state index in [2.05, 4.69) is 15.9 Å². The lowest BCUT2D eigenvalue weighted by Crippen LogP contribution is -2.21. The van der Waals surface area contributed by atoms with Crippen LogP contribution < -0.4 is 0 Å². The molecule has 0 saturated carbocycles. The van der Waals surface area contributed by atoms with Crippen LogP contribution in [0.1, 0.15) is 6.92 Å². The molecule has 0 spiro atoms. The first-order valence-corrected chi connectivity index (χ1v) is 6.25. The van der Waals surface area contributed by atoms with Crippen LogP contribution in [0.15, 0.2) is 0 Å². The highest BCUT2D eigenvalue weighted by Gasteiger charge is 2.36. The molecule has 11 heavy (non-hydrogen) atoms. The Bertz CT molecular complexity index is 224. The molecular weight excluding hydrogens is 232 g/mol. The molecule has 2 atom stereocenters. The lowest BCUT2D eigenvalue weighted by molar-refractivity contribution is 0.0863. The van der Waals surface area contributed by atoms with Crippen LogP contribution in [0.2, 0.25) is 0 Å². The third-order valence-electron chi connectivity index (χ3n) is 1.62. The predicted molar refractivity (Wildman–Crippen MR) is 46.8 cm³/mol. The first kappa shape index (κ1) is 9.48. The van der Waals surface area contributed by atoms with Crippen LogP contribution in [-0.2, 0) is 14.6 Å². The van der Waals surface area contributed by atoms with Gasteiger partial charge >= 0.3 is 0 Å². The molecule has 0 bridgehead atoms. The van der Waals surface area contributed by atoms with Crippen LogP contribution in [0.4, 0.5) is 0 Å². The fourth-order valence-electron chi connectivity index (χ4n) is 1.14. The summed E-state index contributed by atoms with van der Waals surface area (Å²) >= 11 is 3.28. The second-order valence-corrected chi connectivity index (χ2v) is 5.92. The van der Waals surface area contributed by atoms with E-state index in [-0.39, 0.29) is 22.4 Å². The SMILES string of the molecule is CCOC1CS(=O)(=O)CC1Br. The van der Waals surface area contributed by atoms with Gasteiger partial charge in [0.25, 0.3) is 0 Å². The Labute approximate surface area is 75.2 Å². The number of rotatable bonds is 2. The average Bonchev–Trinajstić information content (AvgIpc) is 2.07. The zero-order valence-corrected chi connectivity index (χ0v) is 8.69. The first-order chi connectivity index (χ1) is 5.05. The molecule has 0 radical (unpaired) electrons. The highest BCUT2D eigenvalue weighted by Crippen LogP contribution is 2.22. The summed E-state index contributed by atoms with van der Waals surface area (Å²) in [6.07, 6.45) is -0.148. The van der Waals surface area contributed by atoms with Gasteiger partial charge in [0.1, 0.15) is 0 Å². The van der Waals surface area contributed by atoms with Crippen LogP contribution in [-0.4, -0.2) is 37.5 Å². The Morgan fingerprint density at radius 2 is 2.18 bits per heavy atom. The summed E-state index contributed by atoms with van der Waals surface area (Å²) < 4.78 is 27.3. The lowest BCUT2D eigenvalue weighted by atomic mass is 10.3. The smallest absolute Gasteiger partial charge is 0.154 e. The van der Waals surface area contributed by atoms with Crippen molar-refractivity contribution in [1.29, 1.82) is 0 Å². The minimum atomic E-state index is -2.84. The van der Waals surface area contributed by atoms with Gasteiger partial charge in [-0.2, -0.15) is 0 Å². The number of hydrogen-bond donors (Lipinski definition) is 0. The maximum atomic E-state index is 11.0.